The lowest BCUT2D eigenvalue weighted by molar-refractivity contribution is 0.299. The molecule has 2 aromatic carbocycles. The first-order valence-electron chi connectivity index (χ1n) is 9.03. The minimum atomic E-state index is 0.414. The van der Waals surface area contributed by atoms with Gasteiger partial charge in [0.25, 0.3) is 0 Å². The highest BCUT2D eigenvalue weighted by Gasteiger charge is 2.11. The second-order valence-corrected chi connectivity index (χ2v) is 7.45. The molecule has 5 nitrogen and oxygen atoms in total. The number of ether oxygens (including phenoxy) is 1. The van der Waals surface area contributed by atoms with Crippen LogP contribution in [0.15, 0.2) is 71.5 Å². The highest BCUT2D eigenvalue weighted by molar-refractivity contribution is 9.10. The zero-order valence-electron chi connectivity index (χ0n) is 15.7. The number of rotatable bonds is 5. The van der Waals surface area contributed by atoms with Gasteiger partial charge in [-0.15, -0.1) is 0 Å². The average Bonchev–Trinajstić information content (AvgIpc) is 2.74. The van der Waals surface area contributed by atoms with Crippen LogP contribution < -0.4 is 10.1 Å². The third-order valence-corrected chi connectivity index (χ3v) is 4.99. The predicted molar refractivity (Wildman–Crippen MR) is 117 cm³/mol. The summed E-state index contributed by atoms with van der Waals surface area (Å²) in [6.07, 6.45) is 3.34. The van der Waals surface area contributed by atoms with Crippen LogP contribution in [0.3, 0.4) is 0 Å². The van der Waals surface area contributed by atoms with Crippen molar-refractivity contribution in [3.8, 4) is 11.8 Å². The Bertz CT molecular complexity index is 1220. The first-order valence-corrected chi connectivity index (χ1v) is 9.82. The molecular weight excluding hydrogens is 428 g/mol. The largest absolute Gasteiger partial charge is 0.487 e. The topological polar surface area (TPSA) is 70.8 Å². The van der Waals surface area contributed by atoms with E-state index in [-0.39, 0.29) is 0 Å². The Morgan fingerprint density at radius 1 is 1.10 bits per heavy atom. The van der Waals surface area contributed by atoms with Crippen molar-refractivity contribution >= 4 is 38.2 Å². The Morgan fingerprint density at radius 3 is 2.76 bits per heavy atom. The number of pyridine rings is 2. The van der Waals surface area contributed by atoms with Gasteiger partial charge in [0.05, 0.1) is 22.5 Å². The summed E-state index contributed by atoms with van der Waals surface area (Å²) in [5, 5.41) is 13.8. The molecule has 0 saturated heterocycles. The highest BCUT2D eigenvalue weighted by Crippen LogP contribution is 2.32. The van der Waals surface area contributed by atoms with Gasteiger partial charge in [-0.05, 0) is 61.0 Å². The minimum Gasteiger partial charge on any atom is -0.487 e. The van der Waals surface area contributed by atoms with Crippen LogP contribution in [0, 0.1) is 18.3 Å². The molecule has 2 heterocycles. The molecule has 29 heavy (non-hydrogen) atoms. The SMILES string of the molecule is Cc1cc(Nc2c(C#N)cnc3cc(Br)ccc23)ccc1OCc1ccccn1. The van der Waals surface area contributed by atoms with Gasteiger partial charge in [-0.3, -0.25) is 9.97 Å². The number of anilines is 2. The molecule has 0 fully saturated rings. The van der Waals surface area contributed by atoms with Crippen molar-refractivity contribution in [2.45, 2.75) is 13.5 Å². The van der Waals surface area contributed by atoms with E-state index >= 15 is 0 Å². The summed E-state index contributed by atoms with van der Waals surface area (Å²) in [5.41, 5.74) is 4.79. The van der Waals surface area contributed by atoms with Crippen LogP contribution in [-0.2, 0) is 6.61 Å². The molecule has 0 amide bonds. The van der Waals surface area contributed by atoms with Gasteiger partial charge in [-0.25, -0.2) is 0 Å². The minimum absolute atomic E-state index is 0.414. The standard InChI is InChI=1S/C23H17BrN4O/c1-15-10-18(6-8-22(15)29-14-19-4-2-3-9-26-19)28-23-16(12-25)13-27-21-11-17(24)5-7-20(21)23/h2-11,13H,14H2,1H3,(H,27,28). The van der Waals surface area contributed by atoms with Crippen LogP contribution >= 0.6 is 15.9 Å². The summed E-state index contributed by atoms with van der Waals surface area (Å²) in [6.45, 7) is 2.41. The molecule has 1 N–H and O–H groups in total. The van der Waals surface area contributed by atoms with Crippen LogP contribution in [0.5, 0.6) is 5.75 Å². The highest BCUT2D eigenvalue weighted by atomic mass is 79.9. The molecule has 0 unspecified atom stereocenters. The van der Waals surface area contributed by atoms with Crippen LogP contribution in [0.2, 0.25) is 0 Å². The van der Waals surface area contributed by atoms with Crippen molar-refractivity contribution in [2.75, 3.05) is 5.32 Å². The molecule has 0 aliphatic carbocycles. The van der Waals surface area contributed by atoms with Crippen LogP contribution in [0.25, 0.3) is 10.9 Å². The summed E-state index contributed by atoms with van der Waals surface area (Å²) in [5.74, 6) is 0.797. The normalized spacial score (nSPS) is 10.5. The van der Waals surface area contributed by atoms with Crippen molar-refractivity contribution in [1.29, 1.82) is 5.26 Å². The quantitative estimate of drug-likeness (QED) is 0.415. The summed E-state index contributed by atoms with van der Waals surface area (Å²) in [4.78, 5) is 8.66. The average molecular weight is 445 g/mol. The van der Waals surface area contributed by atoms with E-state index in [9.17, 15) is 5.26 Å². The fraction of sp³-hybridized carbons (Fsp3) is 0.0870. The van der Waals surface area contributed by atoms with E-state index in [1.807, 2.05) is 61.5 Å². The maximum atomic E-state index is 9.52. The van der Waals surface area contributed by atoms with E-state index in [0.717, 1.165) is 43.8 Å². The maximum Gasteiger partial charge on any atom is 0.130 e. The molecule has 142 valence electrons. The number of nitriles is 1. The smallest absolute Gasteiger partial charge is 0.130 e. The van der Waals surface area contributed by atoms with Crippen molar-refractivity contribution < 1.29 is 4.74 Å². The number of hydrogen-bond donors (Lipinski definition) is 1. The number of aromatic nitrogens is 2. The van der Waals surface area contributed by atoms with Crippen molar-refractivity contribution in [3.05, 3.63) is 88.3 Å². The van der Waals surface area contributed by atoms with Gasteiger partial charge in [0, 0.05) is 27.9 Å². The van der Waals surface area contributed by atoms with Gasteiger partial charge in [0.15, 0.2) is 0 Å². The second kappa shape index (κ2) is 8.29. The lowest BCUT2D eigenvalue weighted by atomic mass is 10.1. The monoisotopic (exact) mass is 444 g/mol. The predicted octanol–water partition coefficient (Wildman–Crippen LogP) is 5.90. The Hall–Kier alpha value is -3.43. The fourth-order valence-electron chi connectivity index (χ4n) is 3.05. The molecule has 0 atom stereocenters. The van der Waals surface area contributed by atoms with E-state index in [2.05, 4.69) is 37.3 Å². The first-order chi connectivity index (χ1) is 14.1. The Morgan fingerprint density at radius 2 is 2.00 bits per heavy atom. The van der Waals surface area contributed by atoms with Crippen molar-refractivity contribution in [3.63, 3.8) is 0 Å². The second-order valence-electron chi connectivity index (χ2n) is 6.54. The maximum absolute atomic E-state index is 9.52. The molecule has 0 bridgehead atoms. The van der Waals surface area contributed by atoms with Gasteiger partial charge in [-0.2, -0.15) is 5.26 Å². The number of aryl methyl sites for hydroxylation is 1. The summed E-state index contributed by atoms with van der Waals surface area (Å²) in [6, 6.07) is 19.7. The van der Waals surface area contributed by atoms with Crippen molar-refractivity contribution in [1.82, 2.24) is 9.97 Å². The third-order valence-electron chi connectivity index (χ3n) is 4.50. The first kappa shape index (κ1) is 18.9. The number of nitrogens with one attached hydrogen (secondary N) is 1. The summed E-state index contributed by atoms with van der Waals surface area (Å²) >= 11 is 3.46. The number of fused-ring (bicyclic) bond motifs is 1. The lowest BCUT2D eigenvalue weighted by Gasteiger charge is -2.14. The van der Waals surface area contributed by atoms with E-state index in [1.165, 1.54) is 0 Å². The summed E-state index contributed by atoms with van der Waals surface area (Å²) < 4.78 is 6.84. The van der Waals surface area contributed by atoms with Crippen LogP contribution in [0.1, 0.15) is 16.8 Å². The van der Waals surface area contributed by atoms with E-state index in [1.54, 1.807) is 12.4 Å². The zero-order chi connectivity index (χ0) is 20.2. The fourth-order valence-corrected chi connectivity index (χ4v) is 3.40. The number of halogens is 1. The Kier molecular flexibility index (Phi) is 5.41. The number of benzene rings is 2. The summed E-state index contributed by atoms with van der Waals surface area (Å²) in [7, 11) is 0. The molecular formula is C23H17BrN4O. The van der Waals surface area contributed by atoms with E-state index in [0.29, 0.717) is 12.2 Å². The molecule has 0 aliphatic heterocycles. The lowest BCUT2D eigenvalue weighted by Crippen LogP contribution is -2.00. The van der Waals surface area contributed by atoms with E-state index < -0.39 is 0 Å². The molecule has 2 aromatic heterocycles. The molecule has 0 saturated carbocycles. The van der Waals surface area contributed by atoms with Gasteiger partial charge in [0.1, 0.15) is 18.4 Å². The van der Waals surface area contributed by atoms with Crippen LogP contribution in [0.4, 0.5) is 11.4 Å². The molecule has 4 rings (SSSR count). The number of hydrogen-bond acceptors (Lipinski definition) is 5. The molecule has 0 spiro atoms. The Balaban J connectivity index is 1.60. The van der Waals surface area contributed by atoms with Gasteiger partial charge in [0.2, 0.25) is 0 Å². The van der Waals surface area contributed by atoms with Crippen LogP contribution in [-0.4, -0.2) is 9.97 Å². The number of nitrogens with zero attached hydrogens (tertiary/aromatic N) is 3. The van der Waals surface area contributed by atoms with Gasteiger partial charge < -0.3 is 10.1 Å². The Labute approximate surface area is 177 Å². The van der Waals surface area contributed by atoms with Gasteiger partial charge in [-0.1, -0.05) is 22.0 Å². The zero-order valence-corrected chi connectivity index (χ0v) is 17.3. The van der Waals surface area contributed by atoms with Crippen molar-refractivity contribution in [2.24, 2.45) is 0 Å². The molecule has 4 aromatic rings. The molecule has 6 heteroatoms. The molecule has 0 aliphatic rings. The third kappa shape index (κ3) is 4.20. The van der Waals surface area contributed by atoms with Gasteiger partial charge >= 0.3 is 0 Å². The van der Waals surface area contributed by atoms with E-state index in [4.69, 9.17) is 4.74 Å². The molecule has 0 radical (unpaired) electrons.